The zero-order valence-electron chi connectivity index (χ0n) is 8.70. The van der Waals surface area contributed by atoms with Crippen LogP contribution in [0.2, 0.25) is 0 Å². The van der Waals surface area contributed by atoms with Gasteiger partial charge in [0.1, 0.15) is 0 Å². The van der Waals surface area contributed by atoms with E-state index in [-0.39, 0.29) is 11.2 Å². The van der Waals surface area contributed by atoms with Crippen LogP contribution in [0, 0.1) is 6.92 Å². The summed E-state index contributed by atoms with van der Waals surface area (Å²) >= 11 is 0. The highest BCUT2D eigenvalue weighted by Crippen LogP contribution is 2.12. The van der Waals surface area contributed by atoms with Gasteiger partial charge in [-0.2, -0.15) is 0 Å². The van der Waals surface area contributed by atoms with Crippen molar-refractivity contribution in [3.63, 3.8) is 0 Å². The lowest BCUT2D eigenvalue weighted by molar-refractivity contribution is 0.725. The van der Waals surface area contributed by atoms with E-state index < -0.39 is 0 Å². The lowest BCUT2D eigenvalue weighted by Crippen LogP contribution is -2.30. The third kappa shape index (κ3) is 1.38. The van der Waals surface area contributed by atoms with Gasteiger partial charge in [-0.3, -0.25) is 14.3 Å². The molecule has 78 valence electrons. The molecule has 1 N–H and O–H groups in total. The second kappa shape index (κ2) is 3.38. The Labute approximate surface area is 86.2 Å². The Hall–Kier alpha value is -1.84. The van der Waals surface area contributed by atoms with Gasteiger partial charge in [-0.25, -0.2) is 4.79 Å². The molecule has 1 aromatic carbocycles. The molecular formula is C11H12N2O2. The smallest absolute Gasteiger partial charge is 0.293 e. The van der Waals surface area contributed by atoms with Gasteiger partial charge in [0, 0.05) is 6.54 Å². The second-order valence-corrected chi connectivity index (χ2v) is 3.47. The molecule has 0 atom stereocenters. The number of hydrogen-bond acceptors (Lipinski definition) is 2. The quantitative estimate of drug-likeness (QED) is 0.754. The van der Waals surface area contributed by atoms with Crippen molar-refractivity contribution >= 4 is 10.9 Å². The highest BCUT2D eigenvalue weighted by atomic mass is 16.2. The van der Waals surface area contributed by atoms with Crippen LogP contribution in [0.1, 0.15) is 12.5 Å². The maximum Gasteiger partial charge on any atom is 0.328 e. The van der Waals surface area contributed by atoms with Gasteiger partial charge in [-0.05, 0) is 25.5 Å². The first-order chi connectivity index (χ1) is 7.15. The first kappa shape index (κ1) is 9.71. The third-order valence-electron chi connectivity index (χ3n) is 2.53. The van der Waals surface area contributed by atoms with E-state index in [0.717, 1.165) is 11.1 Å². The molecule has 15 heavy (non-hydrogen) atoms. The number of aromatic nitrogens is 2. The molecule has 0 saturated carbocycles. The van der Waals surface area contributed by atoms with Crippen molar-refractivity contribution in [3.8, 4) is 0 Å². The van der Waals surface area contributed by atoms with Crippen LogP contribution in [-0.4, -0.2) is 9.55 Å². The van der Waals surface area contributed by atoms with Gasteiger partial charge < -0.3 is 0 Å². The van der Waals surface area contributed by atoms with Gasteiger partial charge in [0.25, 0.3) is 5.56 Å². The summed E-state index contributed by atoms with van der Waals surface area (Å²) < 4.78 is 1.58. The van der Waals surface area contributed by atoms with Crippen molar-refractivity contribution < 1.29 is 0 Å². The molecule has 0 amide bonds. The molecular weight excluding hydrogens is 192 g/mol. The molecule has 2 rings (SSSR count). The monoisotopic (exact) mass is 204 g/mol. The Kier molecular flexibility index (Phi) is 2.19. The van der Waals surface area contributed by atoms with Crippen molar-refractivity contribution in [1.29, 1.82) is 0 Å². The topological polar surface area (TPSA) is 54.9 Å². The number of H-pyrrole nitrogens is 1. The molecule has 0 aliphatic heterocycles. The first-order valence-corrected chi connectivity index (χ1v) is 4.87. The van der Waals surface area contributed by atoms with Gasteiger partial charge in [-0.1, -0.05) is 12.1 Å². The SMILES string of the molecule is CCn1c(=O)[nH]c(=O)c2cccc(C)c21. The summed E-state index contributed by atoms with van der Waals surface area (Å²) in [5.74, 6) is 0. The highest BCUT2D eigenvalue weighted by Gasteiger charge is 2.07. The van der Waals surface area contributed by atoms with E-state index in [2.05, 4.69) is 4.98 Å². The Bertz CT molecular complexity index is 623. The van der Waals surface area contributed by atoms with Crippen LogP contribution in [0.15, 0.2) is 27.8 Å². The number of para-hydroxylation sites is 1. The van der Waals surface area contributed by atoms with Crippen LogP contribution >= 0.6 is 0 Å². The summed E-state index contributed by atoms with van der Waals surface area (Å²) in [6.07, 6.45) is 0. The molecule has 1 aromatic heterocycles. The molecule has 0 radical (unpaired) electrons. The van der Waals surface area contributed by atoms with Crippen molar-refractivity contribution in [2.24, 2.45) is 0 Å². The van der Waals surface area contributed by atoms with Gasteiger partial charge in [0.2, 0.25) is 0 Å². The van der Waals surface area contributed by atoms with E-state index in [1.54, 1.807) is 10.6 Å². The summed E-state index contributed by atoms with van der Waals surface area (Å²) in [6, 6.07) is 5.44. The number of nitrogens with one attached hydrogen (secondary N) is 1. The number of aromatic amines is 1. The molecule has 0 saturated heterocycles. The highest BCUT2D eigenvalue weighted by molar-refractivity contribution is 5.81. The number of hydrogen-bond donors (Lipinski definition) is 1. The maximum atomic E-state index is 11.6. The number of rotatable bonds is 1. The number of aryl methyl sites for hydroxylation is 2. The second-order valence-electron chi connectivity index (χ2n) is 3.47. The molecule has 0 fully saturated rings. The van der Waals surface area contributed by atoms with Crippen molar-refractivity contribution in [2.75, 3.05) is 0 Å². The minimum absolute atomic E-state index is 0.316. The fourth-order valence-electron chi connectivity index (χ4n) is 1.84. The standard InChI is InChI=1S/C11H12N2O2/c1-3-13-9-7(2)5-4-6-8(9)10(14)12-11(13)15/h4-6H,3H2,1-2H3,(H,12,14,15). The summed E-state index contributed by atoms with van der Waals surface area (Å²) in [7, 11) is 0. The van der Waals surface area contributed by atoms with Crippen LogP contribution in [-0.2, 0) is 6.54 Å². The molecule has 4 nitrogen and oxygen atoms in total. The van der Waals surface area contributed by atoms with Crippen molar-refractivity contribution in [3.05, 3.63) is 44.6 Å². The number of nitrogens with zero attached hydrogens (tertiary/aromatic N) is 1. The van der Waals surface area contributed by atoms with Gasteiger partial charge in [0.15, 0.2) is 0 Å². The van der Waals surface area contributed by atoms with Gasteiger partial charge in [-0.15, -0.1) is 0 Å². The lowest BCUT2D eigenvalue weighted by atomic mass is 10.1. The lowest BCUT2D eigenvalue weighted by Gasteiger charge is -2.08. The van der Waals surface area contributed by atoms with Gasteiger partial charge in [0.05, 0.1) is 10.9 Å². The average Bonchev–Trinajstić information content (AvgIpc) is 2.20. The summed E-state index contributed by atoms with van der Waals surface area (Å²) in [6.45, 7) is 4.33. The Morgan fingerprint density at radius 1 is 1.33 bits per heavy atom. The molecule has 0 aliphatic rings. The maximum absolute atomic E-state index is 11.6. The van der Waals surface area contributed by atoms with Crippen molar-refractivity contribution in [2.45, 2.75) is 20.4 Å². The summed E-state index contributed by atoms with van der Waals surface area (Å²) in [4.78, 5) is 25.4. The molecule has 0 aliphatic carbocycles. The molecule has 4 heteroatoms. The van der Waals surface area contributed by atoms with Crippen molar-refractivity contribution in [1.82, 2.24) is 9.55 Å². The predicted molar refractivity (Wildman–Crippen MR) is 59.2 cm³/mol. The number of fused-ring (bicyclic) bond motifs is 1. The summed E-state index contributed by atoms with van der Waals surface area (Å²) in [5.41, 5.74) is 1.01. The van der Waals surface area contributed by atoms with E-state index in [9.17, 15) is 9.59 Å². The van der Waals surface area contributed by atoms with E-state index in [1.807, 2.05) is 26.0 Å². The predicted octanol–water partition coefficient (Wildman–Crippen LogP) is 1.02. The molecule has 2 aromatic rings. The zero-order valence-corrected chi connectivity index (χ0v) is 8.70. The molecule has 0 bridgehead atoms. The van der Waals surface area contributed by atoms with E-state index >= 15 is 0 Å². The largest absolute Gasteiger partial charge is 0.328 e. The minimum Gasteiger partial charge on any atom is -0.293 e. The van der Waals surface area contributed by atoms with Gasteiger partial charge >= 0.3 is 5.69 Å². The summed E-state index contributed by atoms with van der Waals surface area (Å²) in [5, 5.41) is 0.566. The Balaban J connectivity index is 3.12. The Morgan fingerprint density at radius 3 is 2.73 bits per heavy atom. The number of benzene rings is 1. The van der Waals surface area contributed by atoms with Crippen LogP contribution in [0.4, 0.5) is 0 Å². The zero-order chi connectivity index (χ0) is 11.0. The van der Waals surface area contributed by atoms with E-state index in [4.69, 9.17) is 0 Å². The van der Waals surface area contributed by atoms with E-state index in [0.29, 0.717) is 11.9 Å². The van der Waals surface area contributed by atoms with E-state index in [1.165, 1.54) is 0 Å². The Morgan fingerprint density at radius 2 is 2.07 bits per heavy atom. The fraction of sp³-hybridized carbons (Fsp3) is 0.273. The molecule has 0 spiro atoms. The molecule has 1 heterocycles. The third-order valence-corrected chi connectivity index (χ3v) is 2.53. The van der Waals surface area contributed by atoms with Crippen LogP contribution in [0.5, 0.6) is 0 Å². The first-order valence-electron chi connectivity index (χ1n) is 4.87. The minimum atomic E-state index is -0.343. The fourth-order valence-corrected chi connectivity index (χ4v) is 1.84. The van der Waals surface area contributed by atoms with Crippen LogP contribution < -0.4 is 11.2 Å². The average molecular weight is 204 g/mol. The van der Waals surface area contributed by atoms with Crippen LogP contribution in [0.25, 0.3) is 10.9 Å². The molecule has 0 unspecified atom stereocenters. The van der Waals surface area contributed by atoms with Crippen LogP contribution in [0.3, 0.4) is 0 Å². The normalized spacial score (nSPS) is 10.8.